The Morgan fingerprint density at radius 2 is 0.952 bits per heavy atom. The van der Waals surface area contributed by atoms with Crippen LogP contribution in [-0.4, -0.2) is 4.98 Å². The molecule has 6 aromatic rings. The number of nitriles is 2. The van der Waals surface area contributed by atoms with Gasteiger partial charge in [-0.2, -0.15) is 10.5 Å². The summed E-state index contributed by atoms with van der Waals surface area (Å²) in [5.41, 5.74) is 8.96. The van der Waals surface area contributed by atoms with Crippen LogP contribution in [0.2, 0.25) is 0 Å². The van der Waals surface area contributed by atoms with E-state index in [1.165, 1.54) is 0 Å². The number of nitrogens with zero attached hydrogens (tertiary/aromatic N) is 4. The number of hydrogen-bond donors (Lipinski definition) is 0. The van der Waals surface area contributed by atoms with Gasteiger partial charge in [-0.15, -0.1) is 0 Å². The standard InChI is InChI=1S/C38H26N4/c1-27-24-32(42(30-18-10-4-11-19-30)31-20-12-5-13-21-31)22-23-33(27)36-34(25-39)37(28-14-6-2-7-15-28)41-38(35(36)26-40)29-16-8-3-9-17-29/h2-24H,1H3. The van der Waals surface area contributed by atoms with Crippen LogP contribution in [-0.2, 0) is 0 Å². The van der Waals surface area contributed by atoms with Crippen molar-refractivity contribution in [1.29, 1.82) is 10.5 Å². The zero-order valence-corrected chi connectivity index (χ0v) is 23.1. The van der Waals surface area contributed by atoms with Gasteiger partial charge in [0.2, 0.25) is 0 Å². The van der Waals surface area contributed by atoms with Crippen LogP contribution in [0.5, 0.6) is 0 Å². The Morgan fingerprint density at radius 1 is 0.524 bits per heavy atom. The van der Waals surface area contributed by atoms with Gasteiger partial charge in [0, 0.05) is 33.8 Å². The van der Waals surface area contributed by atoms with E-state index >= 15 is 0 Å². The maximum atomic E-state index is 10.5. The van der Waals surface area contributed by atoms with Crippen LogP contribution in [0, 0.1) is 29.6 Å². The molecule has 6 rings (SSSR count). The summed E-state index contributed by atoms with van der Waals surface area (Å²) in [5, 5.41) is 21.1. The minimum atomic E-state index is 0.385. The summed E-state index contributed by atoms with van der Waals surface area (Å²) in [7, 11) is 0. The Kier molecular flexibility index (Phi) is 7.28. The lowest BCUT2D eigenvalue weighted by molar-refractivity contribution is 1.26. The van der Waals surface area contributed by atoms with Crippen molar-refractivity contribution in [3.63, 3.8) is 0 Å². The van der Waals surface area contributed by atoms with Crippen molar-refractivity contribution in [3.8, 4) is 45.8 Å². The molecule has 1 aromatic heterocycles. The molecule has 0 saturated heterocycles. The van der Waals surface area contributed by atoms with Crippen LogP contribution in [0.25, 0.3) is 33.6 Å². The number of anilines is 3. The summed E-state index contributed by atoms with van der Waals surface area (Å²) in [6.07, 6.45) is 0. The molecule has 0 atom stereocenters. The Hall–Kier alpha value is -5.97. The van der Waals surface area contributed by atoms with Crippen molar-refractivity contribution in [2.24, 2.45) is 0 Å². The molecule has 0 amide bonds. The highest BCUT2D eigenvalue weighted by atomic mass is 15.1. The summed E-state index contributed by atoms with van der Waals surface area (Å²) >= 11 is 0. The highest BCUT2D eigenvalue weighted by molar-refractivity contribution is 5.91. The van der Waals surface area contributed by atoms with Crippen LogP contribution in [0.3, 0.4) is 0 Å². The Bertz CT molecular complexity index is 1820. The first kappa shape index (κ1) is 26.3. The van der Waals surface area contributed by atoms with E-state index in [0.717, 1.165) is 39.3 Å². The topological polar surface area (TPSA) is 63.7 Å². The second-order valence-electron chi connectivity index (χ2n) is 9.90. The molecular weight excluding hydrogens is 512 g/mol. The fraction of sp³-hybridized carbons (Fsp3) is 0.0263. The second-order valence-corrected chi connectivity index (χ2v) is 9.90. The van der Waals surface area contributed by atoms with Gasteiger partial charge < -0.3 is 4.90 Å². The van der Waals surface area contributed by atoms with Gasteiger partial charge >= 0.3 is 0 Å². The molecule has 0 aliphatic heterocycles. The molecule has 0 unspecified atom stereocenters. The fourth-order valence-corrected chi connectivity index (χ4v) is 5.35. The van der Waals surface area contributed by atoms with Crippen molar-refractivity contribution < 1.29 is 0 Å². The van der Waals surface area contributed by atoms with Crippen molar-refractivity contribution >= 4 is 17.1 Å². The van der Waals surface area contributed by atoms with Gasteiger partial charge in [-0.25, -0.2) is 4.98 Å². The van der Waals surface area contributed by atoms with Crippen molar-refractivity contribution in [2.45, 2.75) is 6.92 Å². The number of rotatable bonds is 6. The molecule has 0 spiro atoms. The zero-order valence-electron chi connectivity index (χ0n) is 23.1. The summed E-state index contributed by atoms with van der Waals surface area (Å²) in [4.78, 5) is 7.14. The molecule has 0 aliphatic carbocycles. The lowest BCUT2D eigenvalue weighted by atomic mass is 9.87. The minimum Gasteiger partial charge on any atom is -0.310 e. The van der Waals surface area contributed by atoms with Crippen LogP contribution < -0.4 is 4.90 Å². The maximum absolute atomic E-state index is 10.5. The first-order valence-corrected chi connectivity index (χ1v) is 13.7. The summed E-state index contributed by atoms with van der Waals surface area (Å²) < 4.78 is 0. The average molecular weight is 539 g/mol. The average Bonchev–Trinajstić information content (AvgIpc) is 3.06. The van der Waals surface area contributed by atoms with Gasteiger partial charge in [0.25, 0.3) is 0 Å². The predicted molar refractivity (Wildman–Crippen MR) is 169 cm³/mol. The van der Waals surface area contributed by atoms with Crippen LogP contribution in [0.1, 0.15) is 16.7 Å². The van der Waals surface area contributed by atoms with E-state index in [-0.39, 0.29) is 0 Å². The Labute approximate surface area is 246 Å². The van der Waals surface area contributed by atoms with Gasteiger partial charge in [-0.1, -0.05) is 103 Å². The fourth-order valence-electron chi connectivity index (χ4n) is 5.35. The zero-order chi connectivity index (χ0) is 28.9. The van der Waals surface area contributed by atoms with Gasteiger partial charge in [0.1, 0.15) is 12.1 Å². The molecular formula is C38H26N4. The summed E-state index contributed by atoms with van der Waals surface area (Å²) in [5.74, 6) is 0. The molecule has 0 bridgehead atoms. The van der Waals surface area contributed by atoms with Crippen molar-refractivity contribution in [3.05, 3.63) is 156 Å². The first-order chi connectivity index (χ1) is 20.7. The van der Waals surface area contributed by atoms with E-state index in [1.807, 2.05) is 110 Å². The molecule has 0 aliphatic rings. The lowest BCUT2D eigenvalue weighted by Gasteiger charge is -2.26. The summed E-state index contributed by atoms with van der Waals surface area (Å²) in [6.45, 7) is 2.03. The van der Waals surface area contributed by atoms with Crippen LogP contribution in [0.4, 0.5) is 17.1 Å². The number of aromatic nitrogens is 1. The highest BCUT2D eigenvalue weighted by Crippen LogP contribution is 2.42. The van der Waals surface area contributed by atoms with Crippen molar-refractivity contribution in [2.75, 3.05) is 4.90 Å². The molecule has 198 valence electrons. The number of benzene rings is 5. The predicted octanol–water partition coefficient (Wildman–Crippen LogP) is 9.60. The van der Waals surface area contributed by atoms with E-state index in [2.05, 4.69) is 53.4 Å². The van der Waals surface area contributed by atoms with E-state index in [9.17, 15) is 10.5 Å². The molecule has 0 fully saturated rings. The molecule has 5 aromatic carbocycles. The molecule has 0 N–H and O–H groups in total. The number of para-hydroxylation sites is 2. The smallest absolute Gasteiger partial charge is 0.102 e. The first-order valence-electron chi connectivity index (χ1n) is 13.7. The Morgan fingerprint density at radius 3 is 1.36 bits per heavy atom. The quantitative estimate of drug-likeness (QED) is 0.212. The SMILES string of the molecule is Cc1cc(N(c2ccccc2)c2ccccc2)ccc1-c1c(C#N)c(-c2ccccc2)nc(-c2ccccc2)c1C#N. The summed E-state index contributed by atoms with van der Waals surface area (Å²) in [6, 6.07) is 50.8. The maximum Gasteiger partial charge on any atom is 0.102 e. The number of aryl methyl sites for hydroxylation is 1. The molecule has 4 nitrogen and oxygen atoms in total. The van der Waals surface area contributed by atoms with Gasteiger partial charge in [0.15, 0.2) is 0 Å². The number of pyridine rings is 1. The lowest BCUT2D eigenvalue weighted by Crippen LogP contribution is -2.10. The molecule has 42 heavy (non-hydrogen) atoms. The van der Waals surface area contributed by atoms with Gasteiger partial charge in [-0.3, -0.25) is 0 Å². The molecule has 1 heterocycles. The highest BCUT2D eigenvalue weighted by Gasteiger charge is 2.24. The largest absolute Gasteiger partial charge is 0.310 e. The molecule has 0 saturated carbocycles. The normalized spacial score (nSPS) is 10.5. The van der Waals surface area contributed by atoms with Gasteiger partial charge in [0.05, 0.1) is 22.5 Å². The number of hydrogen-bond acceptors (Lipinski definition) is 4. The van der Waals surface area contributed by atoms with E-state index in [0.29, 0.717) is 28.1 Å². The second kappa shape index (κ2) is 11.6. The monoisotopic (exact) mass is 538 g/mol. The van der Waals surface area contributed by atoms with Gasteiger partial charge in [-0.05, 0) is 54.4 Å². The van der Waals surface area contributed by atoms with E-state index in [4.69, 9.17) is 4.98 Å². The van der Waals surface area contributed by atoms with Crippen LogP contribution in [0.15, 0.2) is 140 Å². The third kappa shape index (κ3) is 4.90. The van der Waals surface area contributed by atoms with E-state index < -0.39 is 0 Å². The molecule has 4 heteroatoms. The van der Waals surface area contributed by atoms with Crippen molar-refractivity contribution in [1.82, 2.24) is 4.98 Å². The Balaban J connectivity index is 1.60. The van der Waals surface area contributed by atoms with Crippen LogP contribution >= 0.6 is 0 Å². The third-order valence-corrected chi connectivity index (χ3v) is 7.28. The van der Waals surface area contributed by atoms with E-state index in [1.54, 1.807) is 0 Å². The molecule has 0 radical (unpaired) electrons. The third-order valence-electron chi connectivity index (χ3n) is 7.28. The minimum absolute atomic E-state index is 0.385.